The summed E-state index contributed by atoms with van der Waals surface area (Å²) in [5, 5.41) is 12.5. The van der Waals surface area contributed by atoms with Crippen molar-refractivity contribution in [1.29, 1.82) is 0 Å². The van der Waals surface area contributed by atoms with Gasteiger partial charge in [0.05, 0.1) is 17.9 Å². The molecule has 0 aliphatic rings. The monoisotopic (exact) mass is 247 g/mol. The first kappa shape index (κ1) is 12.0. The molecule has 3 N–H and O–H groups in total. The average molecular weight is 247 g/mol. The molecule has 0 aliphatic carbocycles. The molecule has 0 bridgehead atoms. The Balaban J connectivity index is 2.28. The Kier molecular flexibility index (Phi) is 3.47. The normalized spacial score (nSPS) is 10.1. The number of imidazole rings is 1. The van der Waals surface area contributed by atoms with Crippen molar-refractivity contribution in [3.63, 3.8) is 0 Å². The number of para-hydroxylation sites is 1. The van der Waals surface area contributed by atoms with Crippen LogP contribution >= 0.6 is 0 Å². The molecular weight excluding hydrogens is 234 g/mol. The van der Waals surface area contributed by atoms with Crippen molar-refractivity contribution >= 4 is 11.8 Å². The van der Waals surface area contributed by atoms with E-state index in [0.717, 1.165) is 0 Å². The number of carbonyl (C=O) groups is 1. The van der Waals surface area contributed by atoms with Gasteiger partial charge in [-0.25, -0.2) is 9.78 Å². The number of hydrogen-bond acceptors (Lipinski definition) is 4. The number of amides is 1. The van der Waals surface area contributed by atoms with Crippen LogP contribution in [0, 0.1) is 0 Å². The summed E-state index contributed by atoms with van der Waals surface area (Å²) in [5.74, 6) is 0.473. The standard InChI is InChI=1S/C12H13N3O3/c1-2-18-12(17)15-9-5-3-4-8(10(9)16)11-13-6-7-14-11/h3-7,16H,2H2,1H3,(H,13,14)(H,15,17). The average Bonchev–Trinajstić information content (AvgIpc) is 2.86. The second-order valence-electron chi connectivity index (χ2n) is 3.48. The van der Waals surface area contributed by atoms with E-state index < -0.39 is 6.09 Å². The first-order chi connectivity index (χ1) is 8.72. The number of aromatic hydroxyl groups is 1. The van der Waals surface area contributed by atoms with Crippen LogP contribution in [-0.4, -0.2) is 27.8 Å². The second-order valence-corrected chi connectivity index (χ2v) is 3.48. The molecule has 0 unspecified atom stereocenters. The molecule has 0 saturated carbocycles. The van der Waals surface area contributed by atoms with Crippen LogP contribution in [-0.2, 0) is 4.74 Å². The highest BCUT2D eigenvalue weighted by atomic mass is 16.5. The molecule has 6 heteroatoms. The summed E-state index contributed by atoms with van der Waals surface area (Å²) in [6.45, 7) is 1.98. The lowest BCUT2D eigenvalue weighted by Crippen LogP contribution is -2.13. The van der Waals surface area contributed by atoms with Gasteiger partial charge in [-0.1, -0.05) is 6.07 Å². The summed E-state index contributed by atoms with van der Waals surface area (Å²) in [6.07, 6.45) is 2.63. The number of aromatic nitrogens is 2. The minimum Gasteiger partial charge on any atom is -0.505 e. The van der Waals surface area contributed by atoms with E-state index in [4.69, 9.17) is 4.74 Å². The van der Waals surface area contributed by atoms with Crippen LogP contribution in [0.4, 0.5) is 10.5 Å². The SMILES string of the molecule is CCOC(=O)Nc1cccc(-c2ncc[nH]2)c1O. The number of hydrogen-bond donors (Lipinski definition) is 3. The van der Waals surface area contributed by atoms with E-state index in [1.165, 1.54) is 0 Å². The van der Waals surface area contributed by atoms with Gasteiger partial charge in [0.15, 0.2) is 0 Å². The lowest BCUT2D eigenvalue weighted by molar-refractivity contribution is 0.168. The first-order valence-electron chi connectivity index (χ1n) is 5.48. The highest BCUT2D eigenvalue weighted by Gasteiger charge is 2.12. The maximum atomic E-state index is 11.3. The molecule has 0 radical (unpaired) electrons. The van der Waals surface area contributed by atoms with E-state index in [9.17, 15) is 9.90 Å². The van der Waals surface area contributed by atoms with Crippen LogP contribution in [0.2, 0.25) is 0 Å². The first-order valence-corrected chi connectivity index (χ1v) is 5.48. The third-order valence-electron chi connectivity index (χ3n) is 2.30. The highest BCUT2D eigenvalue weighted by Crippen LogP contribution is 2.33. The molecule has 1 aromatic carbocycles. The molecule has 1 amide bonds. The van der Waals surface area contributed by atoms with Gasteiger partial charge in [-0.3, -0.25) is 5.32 Å². The number of rotatable bonds is 3. The van der Waals surface area contributed by atoms with Crippen LogP contribution in [0.1, 0.15) is 6.92 Å². The number of nitrogens with one attached hydrogen (secondary N) is 2. The van der Waals surface area contributed by atoms with Crippen molar-refractivity contribution < 1.29 is 14.6 Å². The summed E-state index contributed by atoms with van der Waals surface area (Å²) in [7, 11) is 0. The van der Waals surface area contributed by atoms with E-state index in [0.29, 0.717) is 11.4 Å². The summed E-state index contributed by atoms with van der Waals surface area (Å²) >= 11 is 0. The lowest BCUT2D eigenvalue weighted by Gasteiger charge is -2.09. The Bertz CT molecular complexity index is 538. The predicted molar refractivity (Wildman–Crippen MR) is 66.3 cm³/mol. The lowest BCUT2D eigenvalue weighted by atomic mass is 10.1. The van der Waals surface area contributed by atoms with Gasteiger partial charge >= 0.3 is 6.09 Å². The fraction of sp³-hybridized carbons (Fsp3) is 0.167. The van der Waals surface area contributed by atoms with Gasteiger partial charge in [0.2, 0.25) is 0 Å². The molecular formula is C12H13N3O3. The zero-order valence-corrected chi connectivity index (χ0v) is 9.80. The Morgan fingerprint density at radius 1 is 1.56 bits per heavy atom. The Morgan fingerprint density at radius 3 is 3.06 bits per heavy atom. The van der Waals surface area contributed by atoms with E-state index in [1.54, 1.807) is 37.5 Å². The Hall–Kier alpha value is -2.50. The van der Waals surface area contributed by atoms with Crippen molar-refractivity contribution in [1.82, 2.24) is 9.97 Å². The molecule has 1 aromatic heterocycles. The minimum absolute atomic E-state index is 0.0551. The van der Waals surface area contributed by atoms with Crippen LogP contribution in [0.15, 0.2) is 30.6 Å². The Labute approximate surface area is 104 Å². The van der Waals surface area contributed by atoms with Gasteiger partial charge in [-0.05, 0) is 19.1 Å². The number of nitrogens with zero attached hydrogens (tertiary/aromatic N) is 1. The van der Waals surface area contributed by atoms with Crippen molar-refractivity contribution in [3.05, 3.63) is 30.6 Å². The van der Waals surface area contributed by atoms with Gasteiger partial charge in [-0.2, -0.15) is 0 Å². The zero-order valence-electron chi connectivity index (χ0n) is 9.80. The van der Waals surface area contributed by atoms with Gasteiger partial charge in [0, 0.05) is 12.4 Å². The van der Waals surface area contributed by atoms with Crippen molar-refractivity contribution in [3.8, 4) is 17.1 Å². The quantitative estimate of drug-likeness (QED) is 0.726. The number of H-pyrrole nitrogens is 1. The van der Waals surface area contributed by atoms with E-state index >= 15 is 0 Å². The number of carbonyl (C=O) groups excluding carboxylic acids is 1. The summed E-state index contributed by atoms with van der Waals surface area (Å²) in [5.41, 5.74) is 0.789. The second kappa shape index (κ2) is 5.22. The molecule has 18 heavy (non-hydrogen) atoms. The number of aromatic amines is 1. The number of benzene rings is 1. The van der Waals surface area contributed by atoms with Gasteiger partial charge in [0.25, 0.3) is 0 Å². The van der Waals surface area contributed by atoms with E-state index in [2.05, 4.69) is 15.3 Å². The predicted octanol–water partition coefficient (Wildman–Crippen LogP) is 2.35. The number of ether oxygens (including phenoxy) is 1. The molecule has 0 atom stereocenters. The zero-order chi connectivity index (χ0) is 13.0. The van der Waals surface area contributed by atoms with Crippen LogP contribution in [0.25, 0.3) is 11.4 Å². The molecule has 0 aliphatic heterocycles. The minimum atomic E-state index is -0.607. The Morgan fingerprint density at radius 2 is 2.39 bits per heavy atom. The number of phenolic OH excluding ortho intramolecular Hbond substituents is 1. The molecule has 6 nitrogen and oxygen atoms in total. The molecule has 0 fully saturated rings. The molecule has 2 aromatic rings. The number of phenols is 1. The summed E-state index contributed by atoms with van der Waals surface area (Å²) in [6, 6.07) is 4.99. The molecule has 0 saturated heterocycles. The van der Waals surface area contributed by atoms with Gasteiger partial charge in [-0.15, -0.1) is 0 Å². The van der Waals surface area contributed by atoms with Crippen LogP contribution in [0.3, 0.4) is 0 Å². The third-order valence-corrected chi connectivity index (χ3v) is 2.30. The van der Waals surface area contributed by atoms with Crippen LogP contribution < -0.4 is 5.32 Å². The van der Waals surface area contributed by atoms with Crippen molar-refractivity contribution in [2.75, 3.05) is 11.9 Å². The van der Waals surface area contributed by atoms with Crippen molar-refractivity contribution in [2.45, 2.75) is 6.92 Å². The molecule has 0 spiro atoms. The van der Waals surface area contributed by atoms with Gasteiger partial charge in [0.1, 0.15) is 11.6 Å². The maximum Gasteiger partial charge on any atom is 0.411 e. The molecule has 94 valence electrons. The van der Waals surface area contributed by atoms with Gasteiger partial charge < -0.3 is 14.8 Å². The fourth-order valence-electron chi connectivity index (χ4n) is 1.53. The fourth-order valence-corrected chi connectivity index (χ4v) is 1.53. The highest BCUT2D eigenvalue weighted by molar-refractivity contribution is 5.89. The van der Waals surface area contributed by atoms with E-state index in [1.807, 2.05) is 0 Å². The largest absolute Gasteiger partial charge is 0.505 e. The summed E-state index contributed by atoms with van der Waals surface area (Å²) in [4.78, 5) is 18.2. The van der Waals surface area contributed by atoms with Crippen molar-refractivity contribution in [2.24, 2.45) is 0 Å². The maximum absolute atomic E-state index is 11.3. The smallest absolute Gasteiger partial charge is 0.411 e. The topological polar surface area (TPSA) is 87.2 Å². The van der Waals surface area contributed by atoms with E-state index in [-0.39, 0.29) is 18.0 Å². The molecule has 2 rings (SSSR count). The third kappa shape index (κ3) is 2.42. The summed E-state index contributed by atoms with van der Waals surface area (Å²) < 4.78 is 4.75. The number of anilines is 1. The molecule has 1 heterocycles. The van der Waals surface area contributed by atoms with Crippen LogP contribution in [0.5, 0.6) is 5.75 Å².